The lowest BCUT2D eigenvalue weighted by molar-refractivity contribution is -0.114. The van der Waals surface area contributed by atoms with Crippen LogP contribution in [0.2, 0.25) is 0 Å². The first-order chi connectivity index (χ1) is 16.8. The fourth-order valence-electron chi connectivity index (χ4n) is 3.34. The van der Waals surface area contributed by atoms with Crippen molar-refractivity contribution in [3.05, 3.63) is 96.6 Å². The lowest BCUT2D eigenvalue weighted by Gasteiger charge is -2.25. The average Bonchev–Trinajstić information content (AvgIpc) is 2.86. The summed E-state index contributed by atoms with van der Waals surface area (Å²) in [5, 5.41) is 5.33. The van der Waals surface area contributed by atoms with Gasteiger partial charge in [-0.1, -0.05) is 48.0 Å². The quantitative estimate of drug-likeness (QED) is 0.419. The standard InChI is InChI=1S/C26H27N3O5S/c1-4-17-27-26(31)21-9-5-6-10-22(21)28-25(30)18-29(23-11-7-8-12-24(23)34-3)35(32,33)20-15-13-19(2)14-16-20/h4-16H,1,17-18H2,2-3H3,(H,27,31)(H,28,30). The Morgan fingerprint density at radius 2 is 1.66 bits per heavy atom. The smallest absolute Gasteiger partial charge is 0.264 e. The number of amides is 2. The molecular weight excluding hydrogens is 466 g/mol. The molecule has 0 atom stereocenters. The number of anilines is 2. The predicted octanol–water partition coefficient (Wildman–Crippen LogP) is 3.75. The Bertz CT molecular complexity index is 1320. The van der Waals surface area contributed by atoms with Crippen molar-refractivity contribution in [2.45, 2.75) is 11.8 Å². The molecule has 0 aliphatic carbocycles. The Morgan fingerprint density at radius 1 is 1.00 bits per heavy atom. The summed E-state index contributed by atoms with van der Waals surface area (Å²) < 4.78 is 33.6. The third-order valence-corrected chi connectivity index (χ3v) is 6.88. The molecule has 0 spiro atoms. The van der Waals surface area contributed by atoms with Crippen LogP contribution in [0.1, 0.15) is 15.9 Å². The van der Waals surface area contributed by atoms with Gasteiger partial charge in [0.1, 0.15) is 12.3 Å². The van der Waals surface area contributed by atoms with E-state index >= 15 is 0 Å². The third kappa shape index (κ3) is 6.07. The molecule has 0 saturated heterocycles. The number of nitrogens with zero attached hydrogens (tertiary/aromatic N) is 1. The number of hydrogen-bond donors (Lipinski definition) is 2. The van der Waals surface area contributed by atoms with Crippen LogP contribution in [-0.2, 0) is 14.8 Å². The first-order valence-corrected chi connectivity index (χ1v) is 12.2. The maximum atomic E-state index is 13.6. The fourth-order valence-corrected chi connectivity index (χ4v) is 4.77. The van der Waals surface area contributed by atoms with Crippen molar-refractivity contribution in [3.8, 4) is 5.75 Å². The molecule has 2 N–H and O–H groups in total. The summed E-state index contributed by atoms with van der Waals surface area (Å²) in [6.07, 6.45) is 1.54. The first kappa shape index (κ1) is 25.5. The SMILES string of the molecule is C=CCNC(=O)c1ccccc1NC(=O)CN(c1ccccc1OC)S(=O)(=O)c1ccc(C)cc1. The zero-order valence-electron chi connectivity index (χ0n) is 19.5. The number of sulfonamides is 1. The largest absolute Gasteiger partial charge is 0.495 e. The highest BCUT2D eigenvalue weighted by Crippen LogP contribution is 2.32. The summed E-state index contributed by atoms with van der Waals surface area (Å²) in [5.41, 5.74) is 1.61. The van der Waals surface area contributed by atoms with Crippen LogP contribution in [-0.4, -0.2) is 40.4 Å². The Hall–Kier alpha value is -4.11. The molecule has 0 radical (unpaired) electrons. The summed E-state index contributed by atoms with van der Waals surface area (Å²) in [6.45, 7) is 5.14. The van der Waals surface area contributed by atoms with Crippen LogP contribution < -0.4 is 19.7 Å². The number of rotatable bonds is 10. The maximum absolute atomic E-state index is 13.6. The zero-order valence-corrected chi connectivity index (χ0v) is 20.3. The van der Waals surface area contributed by atoms with E-state index in [0.717, 1.165) is 9.87 Å². The molecule has 0 unspecified atom stereocenters. The fraction of sp³-hybridized carbons (Fsp3) is 0.154. The number of hydrogen-bond acceptors (Lipinski definition) is 5. The highest BCUT2D eigenvalue weighted by Gasteiger charge is 2.29. The first-order valence-electron chi connectivity index (χ1n) is 10.8. The van der Waals surface area contributed by atoms with Crippen molar-refractivity contribution in [2.24, 2.45) is 0 Å². The van der Waals surface area contributed by atoms with Gasteiger partial charge in [0.15, 0.2) is 0 Å². The van der Waals surface area contributed by atoms with E-state index in [-0.39, 0.29) is 28.4 Å². The highest BCUT2D eigenvalue weighted by molar-refractivity contribution is 7.92. The van der Waals surface area contributed by atoms with Crippen LogP contribution in [0.3, 0.4) is 0 Å². The second-order valence-electron chi connectivity index (χ2n) is 7.59. The molecule has 0 bridgehead atoms. The lowest BCUT2D eigenvalue weighted by atomic mass is 10.1. The van der Waals surface area contributed by atoms with Crippen LogP contribution in [0.4, 0.5) is 11.4 Å². The number of ether oxygens (including phenoxy) is 1. The minimum Gasteiger partial charge on any atom is -0.495 e. The number of methoxy groups -OCH3 is 1. The topological polar surface area (TPSA) is 105 Å². The number of carbonyl (C=O) groups excluding carboxylic acids is 2. The second kappa shape index (κ2) is 11.3. The molecule has 0 aromatic heterocycles. The van der Waals surface area contributed by atoms with Gasteiger partial charge in [0.2, 0.25) is 5.91 Å². The zero-order chi connectivity index (χ0) is 25.4. The predicted molar refractivity (Wildman–Crippen MR) is 136 cm³/mol. The van der Waals surface area contributed by atoms with E-state index in [9.17, 15) is 18.0 Å². The van der Waals surface area contributed by atoms with E-state index < -0.39 is 28.4 Å². The molecule has 0 heterocycles. The molecule has 9 heteroatoms. The Labute approximate surface area is 205 Å². The van der Waals surface area contributed by atoms with Crippen molar-refractivity contribution in [1.82, 2.24) is 5.32 Å². The molecule has 3 rings (SSSR count). The molecule has 0 saturated carbocycles. The van der Waals surface area contributed by atoms with E-state index in [1.807, 2.05) is 6.92 Å². The number of para-hydroxylation sites is 3. The van der Waals surface area contributed by atoms with Crippen molar-refractivity contribution in [2.75, 3.05) is 29.8 Å². The van der Waals surface area contributed by atoms with Crippen LogP contribution in [0, 0.1) is 6.92 Å². The normalized spacial score (nSPS) is 10.8. The van der Waals surface area contributed by atoms with E-state index in [4.69, 9.17) is 4.74 Å². The van der Waals surface area contributed by atoms with Gasteiger partial charge in [-0.3, -0.25) is 13.9 Å². The van der Waals surface area contributed by atoms with E-state index in [0.29, 0.717) is 5.75 Å². The molecule has 182 valence electrons. The van der Waals surface area contributed by atoms with E-state index in [1.165, 1.54) is 19.2 Å². The van der Waals surface area contributed by atoms with Crippen molar-refractivity contribution < 1.29 is 22.7 Å². The second-order valence-corrected chi connectivity index (χ2v) is 9.45. The van der Waals surface area contributed by atoms with Crippen molar-refractivity contribution in [1.29, 1.82) is 0 Å². The van der Waals surface area contributed by atoms with Gasteiger partial charge < -0.3 is 15.4 Å². The summed E-state index contributed by atoms with van der Waals surface area (Å²) >= 11 is 0. The van der Waals surface area contributed by atoms with E-state index in [1.54, 1.807) is 66.7 Å². The van der Waals surface area contributed by atoms with Crippen molar-refractivity contribution >= 4 is 33.2 Å². The highest BCUT2D eigenvalue weighted by atomic mass is 32.2. The molecule has 0 aliphatic heterocycles. The monoisotopic (exact) mass is 493 g/mol. The minimum absolute atomic E-state index is 0.0333. The van der Waals surface area contributed by atoms with Crippen LogP contribution in [0.5, 0.6) is 5.75 Å². The maximum Gasteiger partial charge on any atom is 0.264 e. The number of carbonyl (C=O) groups is 2. The van der Waals surface area contributed by atoms with Gasteiger partial charge in [-0.25, -0.2) is 8.42 Å². The molecule has 0 fully saturated rings. The molecule has 3 aromatic rings. The van der Waals surface area contributed by atoms with Crippen molar-refractivity contribution in [3.63, 3.8) is 0 Å². The van der Waals surface area contributed by atoms with Gasteiger partial charge in [-0.05, 0) is 43.3 Å². The minimum atomic E-state index is -4.13. The Balaban J connectivity index is 1.96. The third-order valence-electron chi connectivity index (χ3n) is 5.10. The number of benzene rings is 3. The molecule has 2 amide bonds. The molecular formula is C26H27N3O5S. The van der Waals surface area contributed by atoms with Gasteiger partial charge >= 0.3 is 0 Å². The molecule has 0 aliphatic rings. The van der Waals surface area contributed by atoms with Gasteiger partial charge in [0.05, 0.1) is 28.9 Å². The number of nitrogens with one attached hydrogen (secondary N) is 2. The summed E-state index contributed by atoms with van der Waals surface area (Å²) in [4.78, 5) is 25.6. The van der Waals surface area contributed by atoms with Crippen LogP contribution in [0.15, 0.2) is 90.3 Å². The average molecular weight is 494 g/mol. The number of aryl methyl sites for hydroxylation is 1. The van der Waals surface area contributed by atoms with Gasteiger partial charge in [-0.15, -0.1) is 6.58 Å². The van der Waals surface area contributed by atoms with E-state index in [2.05, 4.69) is 17.2 Å². The summed E-state index contributed by atoms with van der Waals surface area (Å²) in [7, 11) is -2.70. The Morgan fingerprint density at radius 3 is 2.34 bits per heavy atom. The summed E-state index contributed by atoms with van der Waals surface area (Å²) in [5.74, 6) is -0.731. The molecule has 35 heavy (non-hydrogen) atoms. The lowest BCUT2D eigenvalue weighted by Crippen LogP contribution is -2.38. The molecule has 8 nitrogen and oxygen atoms in total. The van der Waals surface area contributed by atoms with Gasteiger partial charge in [0.25, 0.3) is 15.9 Å². The van der Waals surface area contributed by atoms with Gasteiger partial charge in [-0.2, -0.15) is 0 Å². The van der Waals surface area contributed by atoms with Gasteiger partial charge in [0, 0.05) is 6.54 Å². The van der Waals surface area contributed by atoms with Crippen LogP contribution in [0.25, 0.3) is 0 Å². The Kier molecular flexibility index (Phi) is 8.27. The van der Waals surface area contributed by atoms with Crippen LogP contribution >= 0.6 is 0 Å². The summed E-state index contributed by atoms with van der Waals surface area (Å²) in [6, 6.07) is 19.4. The molecule has 3 aromatic carbocycles.